The first-order valence-corrected chi connectivity index (χ1v) is 4.97. The molecule has 0 aliphatic rings. The van der Waals surface area contributed by atoms with Crippen molar-refractivity contribution in [2.45, 2.75) is 19.9 Å². The maximum atomic E-state index is 3.97. The van der Waals surface area contributed by atoms with Gasteiger partial charge in [-0.05, 0) is 13.8 Å². The van der Waals surface area contributed by atoms with Gasteiger partial charge >= 0.3 is 0 Å². The molecule has 2 N–H and O–H groups in total. The van der Waals surface area contributed by atoms with Crippen LogP contribution in [0.2, 0.25) is 0 Å². The van der Waals surface area contributed by atoms with Crippen LogP contribution in [0, 0.1) is 6.92 Å². The number of aromatic amines is 1. The zero-order valence-electron chi connectivity index (χ0n) is 7.89. The first kappa shape index (κ1) is 10.5. The summed E-state index contributed by atoms with van der Waals surface area (Å²) >= 11 is 3.30. The number of nitrogens with one attached hydrogen (secondary N) is 2. The van der Waals surface area contributed by atoms with Gasteiger partial charge in [0, 0.05) is 28.3 Å². The van der Waals surface area contributed by atoms with Gasteiger partial charge in [0.05, 0.1) is 6.20 Å². The molecule has 0 saturated carbocycles. The van der Waals surface area contributed by atoms with Crippen molar-refractivity contribution in [2.24, 2.45) is 0 Å². The summed E-state index contributed by atoms with van der Waals surface area (Å²) in [4.78, 5) is 0. The largest absolute Gasteiger partial charge is 0.306 e. The molecule has 1 aromatic rings. The van der Waals surface area contributed by atoms with Gasteiger partial charge in [-0.25, -0.2) is 0 Å². The fraction of sp³-hybridized carbons (Fsp3) is 0.444. The molecule has 0 spiro atoms. The van der Waals surface area contributed by atoms with Crippen LogP contribution in [0.4, 0.5) is 0 Å². The predicted molar refractivity (Wildman–Crippen MR) is 57.8 cm³/mol. The van der Waals surface area contributed by atoms with Gasteiger partial charge < -0.3 is 5.32 Å². The third-order valence-electron chi connectivity index (χ3n) is 1.94. The van der Waals surface area contributed by atoms with Crippen molar-refractivity contribution in [1.82, 2.24) is 15.5 Å². The Bertz CT molecular complexity index is 293. The summed E-state index contributed by atoms with van der Waals surface area (Å²) in [6.45, 7) is 8.65. The molecule has 72 valence electrons. The van der Waals surface area contributed by atoms with E-state index >= 15 is 0 Å². The van der Waals surface area contributed by atoms with Crippen molar-refractivity contribution in [2.75, 3.05) is 6.54 Å². The molecule has 1 rings (SSSR count). The standard InChI is InChI=1S/C9H14BrN3/c1-6(10)4-11-7(2)9-5-12-13-8(9)3/h5,7,11H,1,4H2,2-3H3,(H,12,13). The Kier molecular flexibility index (Phi) is 3.69. The minimum atomic E-state index is 0.299. The molecule has 0 radical (unpaired) electrons. The van der Waals surface area contributed by atoms with E-state index in [0.29, 0.717) is 6.04 Å². The quantitative estimate of drug-likeness (QED) is 0.853. The summed E-state index contributed by atoms with van der Waals surface area (Å²) in [6.07, 6.45) is 1.85. The fourth-order valence-electron chi connectivity index (χ4n) is 1.17. The van der Waals surface area contributed by atoms with Gasteiger partial charge in [0.25, 0.3) is 0 Å². The first-order valence-electron chi connectivity index (χ1n) is 4.17. The van der Waals surface area contributed by atoms with Crippen molar-refractivity contribution >= 4 is 15.9 Å². The van der Waals surface area contributed by atoms with Crippen LogP contribution in [0.15, 0.2) is 17.3 Å². The topological polar surface area (TPSA) is 40.7 Å². The van der Waals surface area contributed by atoms with E-state index in [4.69, 9.17) is 0 Å². The number of nitrogens with zero attached hydrogens (tertiary/aromatic N) is 1. The second kappa shape index (κ2) is 4.58. The summed E-state index contributed by atoms with van der Waals surface area (Å²) in [5.74, 6) is 0. The van der Waals surface area contributed by atoms with Gasteiger partial charge in [0.15, 0.2) is 0 Å². The molecule has 0 saturated heterocycles. The van der Waals surface area contributed by atoms with Gasteiger partial charge in [-0.2, -0.15) is 5.10 Å². The second-order valence-electron chi connectivity index (χ2n) is 3.07. The lowest BCUT2D eigenvalue weighted by atomic mass is 10.1. The first-order chi connectivity index (χ1) is 6.11. The highest BCUT2D eigenvalue weighted by atomic mass is 79.9. The Labute approximate surface area is 86.7 Å². The molecule has 0 aliphatic heterocycles. The van der Waals surface area contributed by atoms with Crippen LogP contribution in [0.1, 0.15) is 24.2 Å². The van der Waals surface area contributed by atoms with Crippen molar-refractivity contribution in [3.05, 3.63) is 28.5 Å². The lowest BCUT2D eigenvalue weighted by molar-refractivity contribution is 0.613. The molecule has 0 fully saturated rings. The van der Waals surface area contributed by atoms with E-state index in [9.17, 15) is 0 Å². The maximum absolute atomic E-state index is 3.97. The van der Waals surface area contributed by atoms with E-state index in [1.54, 1.807) is 0 Å². The highest BCUT2D eigenvalue weighted by Gasteiger charge is 2.08. The zero-order chi connectivity index (χ0) is 9.84. The van der Waals surface area contributed by atoms with Crippen molar-refractivity contribution in [1.29, 1.82) is 0 Å². The van der Waals surface area contributed by atoms with Gasteiger partial charge in [0.2, 0.25) is 0 Å². The van der Waals surface area contributed by atoms with Crippen molar-refractivity contribution in [3.8, 4) is 0 Å². The van der Waals surface area contributed by atoms with Gasteiger partial charge in [-0.1, -0.05) is 22.5 Å². The summed E-state index contributed by atoms with van der Waals surface area (Å²) < 4.78 is 0.959. The normalized spacial score (nSPS) is 12.8. The summed E-state index contributed by atoms with van der Waals surface area (Å²) in [5.41, 5.74) is 2.31. The fourth-order valence-corrected chi connectivity index (χ4v) is 1.33. The molecule has 4 heteroatoms. The number of halogens is 1. The number of rotatable bonds is 4. The lowest BCUT2D eigenvalue weighted by Crippen LogP contribution is -2.19. The Hall–Kier alpha value is -0.610. The Morgan fingerprint density at radius 1 is 1.85 bits per heavy atom. The highest BCUT2D eigenvalue weighted by molar-refractivity contribution is 9.11. The zero-order valence-corrected chi connectivity index (χ0v) is 9.48. The van der Waals surface area contributed by atoms with Crippen LogP contribution in [0.25, 0.3) is 0 Å². The molecule has 13 heavy (non-hydrogen) atoms. The maximum Gasteiger partial charge on any atom is 0.0537 e. The van der Waals surface area contributed by atoms with E-state index in [1.807, 2.05) is 13.1 Å². The smallest absolute Gasteiger partial charge is 0.0537 e. The molecule has 0 aromatic carbocycles. The average molecular weight is 244 g/mol. The van der Waals surface area contributed by atoms with Crippen LogP contribution in [-0.4, -0.2) is 16.7 Å². The molecule has 0 aliphatic carbocycles. The number of aromatic nitrogens is 2. The van der Waals surface area contributed by atoms with Crippen LogP contribution in [0.3, 0.4) is 0 Å². The molecule has 1 atom stereocenters. The van der Waals surface area contributed by atoms with Crippen LogP contribution < -0.4 is 5.32 Å². The minimum Gasteiger partial charge on any atom is -0.306 e. The van der Waals surface area contributed by atoms with E-state index in [0.717, 1.165) is 16.7 Å². The summed E-state index contributed by atoms with van der Waals surface area (Å²) in [6, 6.07) is 0.299. The number of hydrogen-bond donors (Lipinski definition) is 2. The lowest BCUT2D eigenvalue weighted by Gasteiger charge is -2.12. The second-order valence-corrected chi connectivity index (χ2v) is 4.19. The minimum absolute atomic E-state index is 0.299. The third-order valence-corrected chi connectivity index (χ3v) is 2.22. The monoisotopic (exact) mass is 243 g/mol. The van der Waals surface area contributed by atoms with Crippen LogP contribution >= 0.6 is 15.9 Å². The van der Waals surface area contributed by atoms with Crippen molar-refractivity contribution < 1.29 is 0 Å². The van der Waals surface area contributed by atoms with Crippen molar-refractivity contribution in [3.63, 3.8) is 0 Å². The average Bonchev–Trinajstić information content (AvgIpc) is 2.47. The molecule has 1 unspecified atom stereocenters. The summed E-state index contributed by atoms with van der Waals surface area (Å²) in [5, 5.41) is 10.2. The van der Waals surface area contributed by atoms with Gasteiger partial charge in [-0.3, -0.25) is 5.10 Å². The molecule has 0 bridgehead atoms. The van der Waals surface area contributed by atoms with Crippen LogP contribution in [0.5, 0.6) is 0 Å². The molecular formula is C9H14BrN3. The SMILES string of the molecule is C=C(Br)CNC(C)c1cn[nH]c1C. The highest BCUT2D eigenvalue weighted by Crippen LogP contribution is 2.14. The molecule has 1 aromatic heterocycles. The number of hydrogen-bond acceptors (Lipinski definition) is 2. The van der Waals surface area contributed by atoms with Gasteiger partial charge in [0.1, 0.15) is 0 Å². The Morgan fingerprint density at radius 2 is 2.54 bits per heavy atom. The third kappa shape index (κ3) is 2.97. The molecule has 0 amide bonds. The van der Waals surface area contributed by atoms with E-state index in [1.165, 1.54) is 5.56 Å². The van der Waals surface area contributed by atoms with E-state index in [2.05, 4.69) is 44.9 Å². The number of H-pyrrole nitrogens is 1. The number of aryl methyl sites for hydroxylation is 1. The summed E-state index contributed by atoms with van der Waals surface area (Å²) in [7, 11) is 0. The molecule has 1 heterocycles. The molecular weight excluding hydrogens is 230 g/mol. The van der Waals surface area contributed by atoms with Gasteiger partial charge in [-0.15, -0.1) is 0 Å². The predicted octanol–water partition coefficient (Wildman–Crippen LogP) is 2.28. The Morgan fingerprint density at radius 3 is 3.00 bits per heavy atom. The van der Waals surface area contributed by atoms with Crippen LogP contribution in [-0.2, 0) is 0 Å². The van der Waals surface area contributed by atoms with E-state index < -0.39 is 0 Å². The van der Waals surface area contributed by atoms with E-state index in [-0.39, 0.29) is 0 Å². The Balaban J connectivity index is 2.53. The molecule has 3 nitrogen and oxygen atoms in total.